The average molecular weight is 544 g/mol. The molecule has 1 fully saturated rings. The van der Waals surface area contributed by atoms with Crippen molar-refractivity contribution in [2.24, 2.45) is 5.92 Å². The lowest BCUT2D eigenvalue weighted by Gasteiger charge is -2.29. The van der Waals surface area contributed by atoms with E-state index in [1.165, 1.54) is 0 Å². The van der Waals surface area contributed by atoms with Crippen molar-refractivity contribution in [3.8, 4) is 5.69 Å². The van der Waals surface area contributed by atoms with Crippen molar-refractivity contribution in [1.82, 2.24) is 24.4 Å². The number of para-hydroxylation sites is 2. The first-order valence-corrected chi connectivity index (χ1v) is 12.7. The maximum absolute atomic E-state index is 13.5. The van der Waals surface area contributed by atoms with E-state index in [1.54, 1.807) is 21.4 Å². The van der Waals surface area contributed by atoms with Crippen LogP contribution < -0.4 is 11.0 Å². The number of rotatable bonds is 5. The van der Waals surface area contributed by atoms with E-state index in [1.807, 2.05) is 37.3 Å². The van der Waals surface area contributed by atoms with Gasteiger partial charge in [-0.3, -0.25) is 18.9 Å². The minimum absolute atomic E-state index is 0.0432. The molecule has 3 heterocycles. The molecule has 1 aliphatic carbocycles. The Balaban J connectivity index is 1.30. The summed E-state index contributed by atoms with van der Waals surface area (Å²) in [6.07, 6.45) is 0.384. The summed E-state index contributed by atoms with van der Waals surface area (Å²) in [5.41, 5.74) is 1.21. The van der Waals surface area contributed by atoms with Gasteiger partial charge < -0.3 is 5.32 Å². The van der Waals surface area contributed by atoms with Crippen LogP contribution in [-0.4, -0.2) is 31.1 Å². The number of amides is 1. The van der Waals surface area contributed by atoms with Gasteiger partial charge in [-0.2, -0.15) is 13.2 Å². The molecule has 1 saturated carbocycles. The van der Waals surface area contributed by atoms with Crippen LogP contribution in [0.25, 0.3) is 16.7 Å². The molecular formula is C27H25ClF3N5O2. The van der Waals surface area contributed by atoms with E-state index in [0.29, 0.717) is 32.2 Å². The molecular weight excluding hydrogens is 519 g/mol. The van der Waals surface area contributed by atoms with Gasteiger partial charge in [-0.1, -0.05) is 23.7 Å². The molecule has 198 valence electrons. The van der Waals surface area contributed by atoms with Crippen LogP contribution >= 0.6 is 11.6 Å². The number of pyridine rings is 2. The van der Waals surface area contributed by atoms with Gasteiger partial charge in [0.15, 0.2) is 5.69 Å². The fourth-order valence-corrected chi connectivity index (χ4v) is 5.31. The number of imidazole rings is 1. The summed E-state index contributed by atoms with van der Waals surface area (Å²) < 4.78 is 43.5. The molecule has 0 spiro atoms. The zero-order chi connectivity index (χ0) is 27.0. The number of nitrogens with zero attached hydrogens (tertiary/aromatic N) is 4. The second-order valence-corrected chi connectivity index (χ2v) is 10.0. The van der Waals surface area contributed by atoms with E-state index in [2.05, 4.69) is 15.3 Å². The number of alkyl halides is 3. The van der Waals surface area contributed by atoms with Gasteiger partial charge in [0.05, 0.1) is 27.3 Å². The maximum atomic E-state index is 13.5. The maximum Gasteiger partial charge on any atom is 0.434 e. The van der Waals surface area contributed by atoms with E-state index >= 15 is 0 Å². The van der Waals surface area contributed by atoms with Gasteiger partial charge >= 0.3 is 11.9 Å². The minimum atomic E-state index is -4.77. The summed E-state index contributed by atoms with van der Waals surface area (Å²) in [6.45, 7) is 2.38. The molecule has 0 bridgehead atoms. The van der Waals surface area contributed by atoms with Crippen LogP contribution in [0.2, 0.25) is 5.02 Å². The SMILES string of the molecule is Cc1cc(-n2c(=O)n(C[C@H]3CC[C@H](NC(=O)c4cc(Cl)cnc4C(F)(F)F)CC3)c3ccccc32)ccn1. The number of halogens is 4. The number of hydrogen-bond acceptors (Lipinski definition) is 4. The predicted molar refractivity (Wildman–Crippen MR) is 138 cm³/mol. The third-order valence-electron chi connectivity index (χ3n) is 6.96. The topological polar surface area (TPSA) is 81.8 Å². The monoisotopic (exact) mass is 543 g/mol. The number of hydrogen-bond donors (Lipinski definition) is 1. The molecule has 0 atom stereocenters. The van der Waals surface area contributed by atoms with E-state index < -0.39 is 23.3 Å². The lowest BCUT2D eigenvalue weighted by Crippen LogP contribution is -2.39. The molecule has 0 radical (unpaired) electrons. The van der Waals surface area contributed by atoms with Crippen LogP contribution in [0.4, 0.5) is 13.2 Å². The second kappa shape index (κ2) is 10.2. The Kier molecular flexibility index (Phi) is 7.00. The zero-order valence-electron chi connectivity index (χ0n) is 20.5. The molecule has 7 nitrogen and oxygen atoms in total. The fourth-order valence-electron chi connectivity index (χ4n) is 5.15. The van der Waals surface area contributed by atoms with Crippen molar-refractivity contribution in [1.29, 1.82) is 0 Å². The standard InChI is InChI=1S/C27H25ClF3N5O2/c1-16-12-20(10-11-32-16)36-23-5-3-2-4-22(23)35(26(36)38)15-17-6-8-19(9-7-17)34-25(37)21-13-18(28)14-33-24(21)27(29,30)31/h2-5,10-14,17,19H,6-9,15H2,1H3,(H,34,37)/t17-,19-. The molecule has 0 unspecified atom stereocenters. The smallest absolute Gasteiger partial charge is 0.349 e. The van der Waals surface area contributed by atoms with Crippen molar-refractivity contribution in [3.63, 3.8) is 0 Å². The number of aryl methyl sites for hydroxylation is 1. The number of benzene rings is 1. The van der Waals surface area contributed by atoms with Crippen LogP contribution in [0.1, 0.15) is 47.4 Å². The van der Waals surface area contributed by atoms with Crippen molar-refractivity contribution in [3.05, 3.63) is 87.3 Å². The summed E-state index contributed by atoms with van der Waals surface area (Å²) in [7, 11) is 0. The van der Waals surface area contributed by atoms with Gasteiger partial charge in [0.1, 0.15) is 0 Å². The first-order valence-electron chi connectivity index (χ1n) is 12.3. The fraction of sp³-hybridized carbons (Fsp3) is 0.333. The predicted octanol–water partition coefficient (Wildman–Crippen LogP) is 5.55. The summed E-state index contributed by atoms with van der Waals surface area (Å²) in [5.74, 6) is -0.666. The van der Waals surface area contributed by atoms with E-state index in [4.69, 9.17) is 11.6 Å². The largest absolute Gasteiger partial charge is 0.434 e. The van der Waals surface area contributed by atoms with E-state index in [9.17, 15) is 22.8 Å². The number of fused-ring (bicyclic) bond motifs is 1. The van der Waals surface area contributed by atoms with Gasteiger partial charge in [0.2, 0.25) is 0 Å². The number of aromatic nitrogens is 4. The highest BCUT2D eigenvalue weighted by Gasteiger charge is 2.38. The first-order chi connectivity index (χ1) is 18.1. The Morgan fingerprint density at radius 1 is 1.08 bits per heavy atom. The molecule has 5 rings (SSSR count). The van der Waals surface area contributed by atoms with Crippen LogP contribution in [0.5, 0.6) is 0 Å². The zero-order valence-corrected chi connectivity index (χ0v) is 21.3. The van der Waals surface area contributed by atoms with Crippen LogP contribution in [0.3, 0.4) is 0 Å². The number of carbonyl (C=O) groups excluding carboxylic acids is 1. The summed E-state index contributed by atoms with van der Waals surface area (Å²) >= 11 is 5.81. The number of nitrogens with one attached hydrogen (secondary N) is 1. The van der Waals surface area contributed by atoms with Gasteiger partial charge in [-0.05, 0) is 68.9 Å². The highest BCUT2D eigenvalue weighted by Crippen LogP contribution is 2.32. The van der Waals surface area contributed by atoms with Gasteiger partial charge in [-0.25, -0.2) is 9.78 Å². The summed E-state index contributed by atoms with van der Waals surface area (Å²) in [4.78, 5) is 33.8. The van der Waals surface area contributed by atoms with Crippen LogP contribution in [0, 0.1) is 12.8 Å². The highest BCUT2D eigenvalue weighted by molar-refractivity contribution is 6.30. The molecule has 1 amide bonds. The molecule has 0 aliphatic heterocycles. The molecule has 3 aromatic heterocycles. The molecule has 1 aromatic carbocycles. The normalized spacial score (nSPS) is 18.0. The Morgan fingerprint density at radius 2 is 1.79 bits per heavy atom. The third-order valence-corrected chi connectivity index (χ3v) is 7.17. The van der Waals surface area contributed by atoms with Crippen LogP contribution in [0.15, 0.2) is 59.7 Å². The summed E-state index contributed by atoms with van der Waals surface area (Å²) in [6, 6.07) is 12.0. The lowest BCUT2D eigenvalue weighted by atomic mass is 9.85. The Hall–Kier alpha value is -3.66. The lowest BCUT2D eigenvalue weighted by molar-refractivity contribution is -0.141. The Morgan fingerprint density at radius 3 is 2.47 bits per heavy atom. The second-order valence-electron chi connectivity index (χ2n) is 9.61. The van der Waals surface area contributed by atoms with Crippen molar-refractivity contribution in [2.75, 3.05) is 0 Å². The van der Waals surface area contributed by atoms with E-state index in [0.717, 1.165) is 34.7 Å². The molecule has 1 N–H and O–H groups in total. The molecule has 38 heavy (non-hydrogen) atoms. The summed E-state index contributed by atoms with van der Waals surface area (Å²) in [5, 5.41) is 2.67. The molecule has 4 aromatic rings. The first kappa shape index (κ1) is 26.0. The molecule has 1 aliphatic rings. The van der Waals surface area contributed by atoms with Crippen molar-refractivity contribution in [2.45, 2.75) is 51.4 Å². The van der Waals surface area contributed by atoms with Gasteiger partial charge in [-0.15, -0.1) is 0 Å². The molecule has 0 saturated heterocycles. The minimum Gasteiger partial charge on any atom is -0.349 e. The van der Waals surface area contributed by atoms with E-state index in [-0.39, 0.29) is 22.7 Å². The molecule has 11 heteroatoms. The van der Waals surface area contributed by atoms with Gasteiger partial charge in [0, 0.05) is 30.7 Å². The van der Waals surface area contributed by atoms with Crippen molar-refractivity contribution >= 4 is 28.5 Å². The number of carbonyl (C=O) groups is 1. The average Bonchev–Trinajstić information content (AvgIpc) is 3.15. The van der Waals surface area contributed by atoms with Gasteiger partial charge in [0.25, 0.3) is 5.91 Å². The Bertz CT molecular complexity index is 1550. The Labute approximate surface area is 221 Å². The van der Waals surface area contributed by atoms with Crippen molar-refractivity contribution < 1.29 is 18.0 Å². The highest BCUT2D eigenvalue weighted by atomic mass is 35.5. The van der Waals surface area contributed by atoms with Crippen LogP contribution in [-0.2, 0) is 12.7 Å². The quantitative estimate of drug-likeness (QED) is 0.358. The third kappa shape index (κ3) is 5.18.